The fourth-order valence-electron chi connectivity index (χ4n) is 3.01. The molecule has 0 spiro atoms. The minimum absolute atomic E-state index is 0.00921. The van der Waals surface area contributed by atoms with Crippen LogP contribution in [0.3, 0.4) is 0 Å². The third-order valence-electron chi connectivity index (χ3n) is 4.13. The van der Waals surface area contributed by atoms with Gasteiger partial charge in [0.05, 0.1) is 5.92 Å². The summed E-state index contributed by atoms with van der Waals surface area (Å²) < 4.78 is 0.924. The lowest BCUT2D eigenvalue weighted by molar-refractivity contribution is -0.134. The second-order valence-corrected chi connectivity index (χ2v) is 6.63. The maximum Gasteiger partial charge on any atom is 0.228 e. The number of anilines is 1. The van der Waals surface area contributed by atoms with Crippen molar-refractivity contribution in [3.05, 3.63) is 28.7 Å². The Bertz CT molecular complexity index is 578. The quantitative estimate of drug-likeness (QED) is 0.874. The van der Waals surface area contributed by atoms with Crippen molar-refractivity contribution in [1.29, 1.82) is 0 Å². The van der Waals surface area contributed by atoms with Crippen LogP contribution in [0.15, 0.2) is 28.7 Å². The molecule has 21 heavy (non-hydrogen) atoms. The number of carbonyl (C=O) groups excluding carboxylic acids is 2. The molecule has 2 amide bonds. The number of benzene rings is 1. The number of nitrogens with two attached hydrogens (primary N) is 1. The Hall–Kier alpha value is -1.40. The number of hydrogen-bond acceptors (Lipinski definition) is 3. The van der Waals surface area contributed by atoms with Crippen LogP contribution in [0.2, 0.25) is 0 Å². The highest BCUT2D eigenvalue weighted by atomic mass is 79.9. The first kappa shape index (κ1) is 14.5. The normalized spacial score (nSPS) is 25.7. The predicted molar refractivity (Wildman–Crippen MR) is 83.8 cm³/mol. The molecule has 2 atom stereocenters. The third kappa shape index (κ3) is 2.96. The summed E-state index contributed by atoms with van der Waals surface area (Å²) in [5.41, 5.74) is 6.68. The van der Waals surface area contributed by atoms with Crippen LogP contribution in [0.4, 0.5) is 5.69 Å². The van der Waals surface area contributed by atoms with Crippen LogP contribution in [-0.4, -0.2) is 42.4 Å². The van der Waals surface area contributed by atoms with E-state index >= 15 is 0 Å². The van der Waals surface area contributed by atoms with Gasteiger partial charge in [-0.1, -0.05) is 22.0 Å². The summed E-state index contributed by atoms with van der Waals surface area (Å²) in [4.78, 5) is 28.2. The minimum atomic E-state index is -0.248. The number of hydrogen-bond donors (Lipinski definition) is 1. The standard InChI is InChI=1S/C15H18BrN3O2/c16-11-2-1-3-13(7-11)19-8-10(6-14(19)20)15(21)18-5-4-12(17)9-18/h1-3,7,10,12H,4-6,8-9,17H2/t10?,12-/m1/s1. The fourth-order valence-corrected chi connectivity index (χ4v) is 3.40. The molecule has 0 radical (unpaired) electrons. The topological polar surface area (TPSA) is 66.6 Å². The summed E-state index contributed by atoms with van der Waals surface area (Å²) in [6.07, 6.45) is 1.14. The highest BCUT2D eigenvalue weighted by Crippen LogP contribution is 2.28. The Kier molecular flexibility index (Phi) is 3.99. The van der Waals surface area contributed by atoms with Crippen LogP contribution < -0.4 is 10.6 Å². The average Bonchev–Trinajstić information content (AvgIpc) is 3.04. The first-order valence-corrected chi connectivity index (χ1v) is 7.94. The van der Waals surface area contributed by atoms with Crippen molar-refractivity contribution in [3.63, 3.8) is 0 Å². The number of rotatable bonds is 2. The molecule has 0 saturated carbocycles. The Morgan fingerprint density at radius 1 is 1.33 bits per heavy atom. The van der Waals surface area contributed by atoms with Crippen LogP contribution in [-0.2, 0) is 9.59 Å². The Morgan fingerprint density at radius 3 is 2.81 bits per heavy atom. The molecule has 0 bridgehead atoms. The van der Waals surface area contributed by atoms with Crippen molar-refractivity contribution in [1.82, 2.24) is 4.90 Å². The van der Waals surface area contributed by atoms with E-state index in [-0.39, 0.29) is 30.2 Å². The lowest BCUT2D eigenvalue weighted by atomic mass is 10.1. The van der Waals surface area contributed by atoms with Crippen LogP contribution in [0.25, 0.3) is 0 Å². The predicted octanol–water partition coefficient (Wildman–Crippen LogP) is 1.36. The molecule has 3 rings (SSSR count). The summed E-state index contributed by atoms with van der Waals surface area (Å²) in [5.74, 6) is -0.175. The van der Waals surface area contributed by atoms with Crippen molar-refractivity contribution in [3.8, 4) is 0 Å². The Labute approximate surface area is 132 Å². The molecule has 2 N–H and O–H groups in total. The van der Waals surface area contributed by atoms with E-state index in [0.29, 0.717) is 19.6 Å². The van der Waals surface area contributed by atoms with Crippen LogP contribution >= 0.6 is 15.9 Å². The fraction of sp³-hybridized carbons (Fsp3) is 0.467. The zero-order valence-corrected chi connectivity index (χ0v) is 13.3. The lowest BCUT2D eigenvalue weighted by Crippen LogP contribution is -2.37. The van der Waals surface area contributed by atoms with Gasteiger partial charge in [0.15, 0.2) is 0 Å². The number of halogens is 1. The van der Waals surface area contributed by atoms with E-state index in [0.717, 1.165) is 16.6 Å². The lowest BCUT2D eigenvalue weighted by Gasteiger charge is -2.21. The van der Waals surface area contributed by atoms with Crippen molar-refractivity contribution in [2.75, 3.05) is 24.5 Å². The summed E-state index contributed by atoms with van der Waals surface area (Å²) in [5, 5.41) is 0. The first-order chi connectivity index (χ1) is 10.0. The molecule has 2 fully saturated rings. The second kappa shape index (κ2) is 5.77. The molecule has 6 heteroatoms. The van der Waals surface area contributed by atoms with Crippen LogP contribution in [0, 0.1) is 5.92 Å². The third-order valence-corrected chi connectivity index (χ3v) is 4.62. The molecular formula is C15H18BrN3O2. The van der Waals surface area contributed by atoms with E-state index in [1.54, 1.807) is 9.80 Å². The zero-order valence-electron chi connectivity index (χ0n) is 11.7. The molecular weight excluding hydrogens is 334 g/mol. The van der Waals surface area contributed by atoms with Crippen LogP contribution in [0.5, 0.6) is 0 Å². The summed E-state index contributed by atoms with van der Waals surface area (Å²) in [6, 6.07) is 7.67. The molecule has 0 aromatic heterocycles. The maximum absolute atomic E-state index is 12.5. The highest BCUT2D eigenvalue weighted by Gasteiger charge is 2.38. The van der Waals surface area contributed by atoms with E-state index in [9.17, 15) is 9.59 Å². The molecule has 2 aliphatic rings. The molecule has 1 aromatic carbocycles. The van der Waals surface area contributed by atoms with Gasteiger partial charge in [0, 0.05) is 42.3 Å². The van der Waals surface area contributed by atoms with Gasteiger partial charge in [0.1, 0.15) is 0 Å². The van der Waals surface area contributed by atoms with Crippen molar-refractivity contribution >= 4 is 33.4 Å². The SMILES string of the molecule is N[C@@H]1CCN(C(=O)C2CC(=O)N(c3cccc(Br)c3)C2)C1. The van der Waals surface area contributed by atoms with Crippen molar-refractivity contribution in [2.45, 2.75) is 18.9 Å². The van der Waals surface area contributed by atoms with E-state index in [4.69, 9.17) is 5.73 Å². The van der Waals surface area contributed by atoms with Crippen LogP contribution in [0.1, 0.15) is 12.8 Å². The monoisotopic (exact) mass is 351 g/mol. The number of likely N-dealkylation sites (tertiary alicyclic amines) is 1. The van der Waals surface area contributed by atoms with Gasteiger partial charge in [-0.2, -0.15) is 0 Å². The number of nitrogens with zero attached hydrogens (tertiary/aromatic N) is 2. The summed E-state index contributed by atoms with van der Waals surface area (Å²) in [7, 11) is 0. The van der Waals surface area contributed by atoms with Crippen molar-refractivity contribution < 1.29 is 9.59 Å². The van der Waals surface area contributed by atoms with E-state index in [2.05, 4.69) is 15.9 Å². The van der Waals surface area contributed by atoms with E-state index in [1.165, 1.54) is 0 Å². The van der Waals surface area contributed by atoms with Gasteiger partial charge in [-0.05, 0) is 24.6 Å². The molecule has 112 valence electrons. The molecule has 0 aliphatic carbocycles. The second-order valence-electron chi connectivity index (χ2n) is 5.72. The number of amides is 2. The average molecular weight is 352 g/mol. The van der Waals surface area contributed by atoms with Gasteiger partial charge in [-0.15, -0.1) is 0 Å². The maximum atomic E-state index is 12.5. The van der Waals surface area contributed by atoms with Gasteiger partial charge in [0.2, 0.25) is 11.8 Å². The zero-order chi connectivity index (χ0) is 15.0. The van der Waals surface area contributed by atoms with E-state index < -0.39 is 0 Å². The molecule has 5 nitrogen and oxygen atoms in total. The van der Waals surface area contributed by atoms with Gasteiger partial charge in [-0.3, -0.25) is 9.59 Å². The molecule has 1 unspecified atom stereocenters. The molecule has 1 aromatic rings. The summed E-state index contributed by atoms with van der Waals surface area (Å²) in [6.45, 7) is 1.78. The highest BCUT2D eigenvalue weighted by molar-refractivity contribution is 9.10. The largest absolute Gasteiger partial charge is 0.341 e. The molecule has 2 aliphatic heterocycles. The van der Waals surface area contributed by atoms with Gasteiger partial charge < -0.3 is 15.5 Å². The van der Waals surface area contributed by atoms with Crippen molar-refractivity contribution in [2.24, 2.45) is 11.7 Å². The Morgan fingerprint density at radius 2 is 2.14 bits per heavy atom. The molecule has 2 saturated heterocycles. The summed E-state index contributed by atoms with van der Waals surface area (Å²) >= 11 is 3.41. The smallest absolute Gasteiger partial charge is 0.228 e. The Balaban J connectivity index is 1.71. The van der Waals surface area contributed by atoms with Gasteiger partial charge in [-0.25, -0.2) is 0 Å². The van der Waals surface area contributed by atoms with E-state index in [1.807, 2.05) is 24.3 Å². The van der Waals surface area contributed by atoms with Gasteiger partial charge >= 0.3 is 0 Å². The molecule has 2 heterocycles. The van der Waals surface area contributed by atoms with Gasteiger partial charge in [0.25, 0.3) is 0 Å². The first-order valence-electron chi connectivity index (χ1n) is 7.15. The minimum Gasteiger partial charge on any atom is -0.341 e. The number of carbonyl (C=O) groups is 2.